The number of nitrogen functional groups attached to an aromatic ring is 1. The second-order valence-electron chi connectivity index (χ2n) is 4.09. The third-order valence-electron chi connectivity index (χ3n) is 2.62. The molecule has 0 radical (unpaired) electrons. The number of carbonyl (C=O) groups is 1. The van der Waals surface area contributed by atoms with E-state index >= 15 is 0 Å². The van der Waals surface area contributed by atoms with Crippen molar-refractivity contribution in [2.24, 2.45) is 0 Å². The van der Waals surface area contributed by atoms with E-state index in [2.05, 4.69) is 0 Å². The molecule has 0 spiro atoms. The molecule has 2 aromatic carbocycles. The Kier molecular flexibility index (Phi) is 4.12. The zero-order chi connectivity index (χ0) is 14.7. The van der Waals surface area contributed by atoms with E-state index in [1.165, 1.54) is 12.1 Å². The zero-order valence-corrected chi connectivity index (χ0v) is 11.1. The van der Waals surface area contributed by atoms with Crippen LogP contribution in [0.2, 0.25) is 5.02 Å². The van der Waals surface area contributed by atoms with Crippen molar-refractivity contribution in [3.8, 4) is 11.5 Å². The van der Waals surface area contributed by atoms with Crippen molar-refractivity contribution in [3.63, 3.8) is 0 Å². The molecule has 0 aliphatic rings. The van der Waals surface area contributed by atoms with Crippen LogP contribution in [0.15, 0.2) is 36.4 Å². The lowest BCUT2D eigenvalue weighted by molar-refractivity contribution is 0.0694. The first kappa shape index (κ1) is 14.2. The molecule has 0 amide bonds. The zero-order valence-electron chi connectivity index (χ0n) is 10.3. The maximum absolute atomic E-state index is 11.2. The van der Waals surface area contributed by atoms with Crippen molar-refractivity contribution in [1.82, 2.24) is 0 Å². The molecule has 20 heavy (non-hydrogen) atoms. The van der Waals surface area contributed by atoms with Gasteiger partial charge in [-0.3, -0.25) is 0 Å². The van der Waals surface area contributed by atoms with E-state index in [0.717, 1.165) is 5.56 Å². The Morgan fingerprint density at radius 3 is 2.45 bits per heavy atom. The summed E-state index contributed by atoms with van der Waals surface area (Å²) in [4.78, 5) is 11.2. The summed E-state index contributed by atoms with van der Waals surface area (Å²) >= 11 is 5.98. The van der Waals surface area contributed by atoms with Gasteiger partial charge in [0.15, 0.2) is 5.75 Å². The fourth-order valence-corrected chi connectivity index (χ4v) is 1.92. The van der Waals surface area contributed by atoms with Gasteiger partial charge in [0.25, 0.3) is 0 Å². The highest BCUT2D eigenvalue weighted by Crippen LogP contribution is 2.35. The Labute approximate surface area is 120 Å². The molecule has 2 rings (SSSR count). The first-order chi connectivity index (χ1) is 9.51. The van der Waals surface area contributed by atoms with Gasteiger partial charge in [0.1, 0.15) is 11.3 Å². The lowest BCUT2D eigenvalue weighted by Crippen LogP contribution is -2.02. The predicted octanol–water partition coefficient (Wildman–Crippen LogP) is 2.91. The lowest BCUT2D eigenvalue weighted by Gasteiger charge is -2.11. The van der Waals surface area contributed by atoms with E-state index in [9.17, 15) is 4.79 Å². The highest BCUT2D eigenvalue weighted by Gasteiger charge is 2.17. The van der Waals surface area contributed by atoms with Crippen molar-refractivity contribution < 1.29 is 19.7 Å². The number of hydrogen-bond donors (Lipinski definition) is 3. The lowest BCUT2D eigenvalue weighted by atomic mass is 10.1. The number of halogens is 1. The Morgan fingerprint density at radius 2 is 1.90 bits per heavy atom. The minimum Gasteiger partial charge on any atom is -0.478 e. The number of hydrogen-bond acceptors (Lipinski definition) is 4. The number of carboxylic acid groups (broad SMARTS) is 1. The Morgan fingerprint density at radius 1 is 1.25 bits per heavy atom. The molecule has 0 bridgehead atoms. The van der Waals surface area contributed by atoms with E-state index in [1.807, 2.05) is 0 Å². The number of ether oxygens (including phenoxy) is 1. The molecule has 4 N–H and O–H groups in total. The molecule has 0 fully saturated rings. The summed E-state index contributed by atoms with van der Waals surface area (Å²) < 4.78 is 5.51. The number of aromatic carboxylic acids is 1. The van der Waals surface area contributed by atoms with E-state index in [0.29, 0.717) is 5.75 Å². The van der Waals surface area contributed by atoms with E-state index < -0.39 is 5.97 Å². The standard InChI is InChI=1S/C14H12ClNO4/c15-12-6-9(16)5-11(14(18)19)13(12)20-10-3-1-8(7-17)2-4-10/h1-6,17H,7,16H2,(H,18,19). The molecular weight excluding hydrogens is 282 g/mol. The van der Waals surface area contributed by atoms with Crippen molar-refractivity contribution in [2.75, 3.05) is 5.73 Å². The van der Waals surface area contributed by atoms with Gasteiger partial charge in [0.2, 0.25) is 0 Å². The number of nitrogens with two attached hydrogens (primary N) is 1. The topological polar surface area (TPSA) is 92.8 Å². The van der Waals surface area contributed by atoms with Crippen LogP contribution >= 0.6 is 11.6 Å². The number of aliphatic hydroxyl groups is 1. The van der Waals surface area contributed by atoms with Crippen LogP contribution in [0.25, 0.3) is 0 Å². The average molecular weight is 294 g/mol. The largest absolute Gasteiger partial charge is 0.478 e. The summed E-state index contributed by atoms with van der Waals surface area (Å²) in [6, 6.07) is 9.27. The van der Waals surface area contributed by atoms with Crippen molar-refractivity contribution in [1.29, 1.82) is 0 Å². The van der Waals surface area contributed by atoms with Gasteiger partial charge < -0.3 is 20.7 Å². The predicted molar refractivity (Wildman–Crippen MR) is 75.3 cm³/mol. The van der Waals surface area contributed by atoms with Crippen LogP contribution in [0.5, 0.6) is 11.5 Å². The first-order valence-corrected chi connectivity index (χ1v) is 6.09. The van der Waals surface area contributed by atoms with Crippen LogP contribution < -0.4 is 10.5 Å². The summed E-state index contributed by atoms with van der Waals surface area (Å²) in [5, 5.41) is 18.2. The molecule has 0 heterocycles. The number of benzene rings is 2. The van der Waals surface area contributed by atoms with Crippen LogP contribution in [0.3, 0.4) is 0 Å². The van der Waals surface area contributed by atoms with Gasteiger partial charge in [-0.15, -0.1) is 0 Å². The molecule has 6 heteroatoms. The summed E-state index contributed by atoms with van der Waals surface area (Å²) in [7, 11) is 0. The van der Waals surface area contributed by atoms with Gasteiger partial charge in [-0.05, 0) is 29.8 Å². The van der Waals surface area contributed by atoms with E-state index in [-0.39, 0.29) is 28.6 Å². The molecule has 0 atom stereocenters. The van der Waals surface area contributed by atoms with Crippen molar-refractivity contribution in [2.45, 2.75) is 6.61 Å². The number of carboxylic acids is 1. The smallest absolute Gasteiger partial charge is 0.339 e. The van der Waals surface area contributed by atoms with Crippen molar-refractivity contribution in [3.05, 3.63) is 52.5 Å². The second-order valence-corrected chi connectivity index (χ2v) is 4.50. The Bertz CT molecular complexity index is 640. The molecule has 0 aromatic heterocycles. The van der Waals surface area contributed by atoms with Crippen LogP contribution in [-0.4, -0.2) is 16.2 Å². The third kappa shape index (κ3) is 3.01. The van der Waals surface area contributed by atoms with Gasteiger partial charge in [-0.1, -0.05) is 23.7 Å². The monoisotopic (exact) mass is 293 g/mol. The molecule has 0 unspecified atom stereocenters. The maximum Gasteiger partial charge on any atom is 0.339 e. The summed E-state index contributed by atoms with van der Waals surface area (Å²) in [5.74, 6) is -0.734. The Hall–Kier alpha value is -2.24. The Balaban J connectivity index is 2.39. The quantitative estimate of drug-likeness (QED) is 0.754. The van der Waals surface area contributed by atoms with E-state index in [1.54, 1.807) is 24.3 Å². The fourth-order valence-electron chi connectivity index (χ4n) is 1.66. The summed E-state index contributed by atoms with van der Waals surface area (Å²) in [5.41, 5.74) is 6.42. The molecule has 0 saturated heterocycles. The highest BCUT2D eigenvalue weighted by atomic mass is 35.5. The van der Waals surface area contributed by atoms with Gasteiger partial charge >= 0.3 is 5.97 Å². The maximum atomic E-state index is 11.2. The molecule has 5 nitrogen and oxygen atoms in total. The van der Waals surface area contributed by atoms with Gasteiger partial charge in [-0.2, -0.15) is 0 Å². The van der Waals surface area contributed by atoms with Crippen LogP contribution in [0, 0.1) is 0 Å². The number of rotatable bonds is 4. The third-order valence-corrected chi connectivity index (χ3v) is 2.90. The van der Waals surface area contributed by atoms with Gasteiger partial charge in [0, 0.05) is 5.69 Å². The summed E-state index contributed by atoms with van der Waals surface area (Å²) in [6.45, 7) is -0.0801. The SMILES string of the molecule is Nc1cc(Cl)c(Oc2ccc(CO)cc2)c(C(=O)O)c1. The van der Waals surface area contributed by atoms with E-state index in [4.69, 9.17) is 32.3 Å². The van der Waals surface area contributed by atoms with Crippen LogP contribution in [0.4, 0.5) is 5.69 Å². The van der Waals surface area contributed by atoms with Crippen LogP contribution in [-0.2, 0) is 6.61 Å². The first-order valence-electron chi connectivity index (χ1n) is 5.71. The number of aliphatic hydroxyl groups excluding tert-OH is 1. The molecule has 0 saturated carbocycles. The van der Waals surface area contributed by atoms with Gasteiger partial charge in [0.05, 0.1) is 11.6 Å². The number of anilines is 1. The molecular formula is C14H12ClNO4. The molecule has 0 aliphatic carbocycles. The minimum absolute atomic E-state index is 0.0325. The molecule has 0 aliphatic heterocycles. The van der Waals surface area contributed by atoms with Crippen LogP contribution in [0.1, 0.15) is 15.9 Å². The molecule has 2 aromatic rings. The summed E-state index contributed by atoms with van der Waals surface area (Å²) in [6.07, 6.45) is 0. The average Bonchev–Trinajstić information content (AvgIpc) is 2.42. The van der Waals surface area contributed by atoms with Gasteiger partial charge in [-0.25, -0.2) is 4.79 Å². The minimum atomic E-state index is -1.18. The second kappa shape index (κ2) is 5.81. The highest BCUT2D eigenvalue weighted by molar-refractivity contribution is 6.33. The fraction of sp³-hybridized carbons (Fsp3) is 0.0714. The normalized spacial score (nSPS) is 10.3. The van der Waals surface area contributed by atoms with Crippen molar-refractivity contribution >= 4 is 23.3 Å². The molecule has 104 valence electrons.